The normalized spacial score (nSPS) is 26.2. The number of aliphatic hydroxyl groups is 1. The number of methoxy groups -OCH3 is 3. The van der Waals surface area contributed by atoms with E-state index in [2.05, 4.69) is 6.58 Å². The lowest BCUT2D eigenvalue weighted by Gasteiger charge is -2.33. The molecule has 110 valence electrons. The van der Waals surface area contributed by atoms with Gasteiger partial charge in [0.1, 0.15) is 6.10 Å². The molecule has 0 aromatic heterocycles. The van der Waals surface area contributed by atoms with Gasteiger partial charge >= 0.3 is 0 Å². The lowest BCUT2D eigenvalue weighted by atomic mass is 10.1. The first kappa shape index (κ1) is 19.9. The van der Waals surface area contributed by atoms with Gasteiger partial charge in [-0.2, -0.15) is 0 Å². The Hall–Kier alpha value is -0.460. The Morgan fingerprint density at radius 2 is 1.78 bits per heavy atom. The van der Waals surface area contributed by atoms with Crippen LogP contribution in [0.2, 0.25) is 0 Å². The molecule has 0 aromatic rings. The minimum Gasteiger partial charge on any atom is -0.392 e. The van der Waals surface area contributed by atoms with Crippen molar-refractivity contribution in [2.45, 2.75) is 38.8 Å². The molecule has 5 nitrogen and oxygen atoms in total. The minimum atomic E-state index is -0.249. The van der Waals surface area contributed by atoms with E-state index in [0.717, 1.165) is 6.42 Å². The van der Waals surface area contributed by atoms with Crippen molar-refractivity contribution in [3.8, 4) is 0 Å². The van der Waals surface area contributed by atoms with E-state index < -0.39 is 0 Å². The summed E-state index contributed by atoms with van der Waals surface area (Å²) in [4.78, 5) is 0. The van der Waals surface area contributed by atoms with Gasteiger partial charge in [-0.1, -0.05) is 19.9 Å². The van der Waals surface area contributed by atoms with Crippen LogP contribution in [0, 0.1) is 0 Å². The molecule has 1 N–H and O–H groups in total. The summed E-state index contributed by atoms with van der Waals surface area (Å²) < 4.78 is 20.8. The van der Waals surface area contributed by atoms with Crippen LogP contribution in [0.15, 0.2) is 12.7 Å². The van der Waals surface area contributed by atoms with Gasteiger partial charge in [0.2, 0.25) is 0 Å². The second-order valence-electron chi connectivity index (χ2n) is 3.28. The molecule has 1 saturated heterocycles. The second-order valence-corrected chi connectivity index (χ2v) is 3.28. The Bertz CT molecular complexity index is 175. The molecule has 0 bridgehead atoms. The van der Waals surface area contributed by atoms with Gasteiger partial charge < -0.3 is 24.1 Å². The van der Waals surface area contributed by atoms with Crippen LogP contribution in [0.5, 0.6) is 0 Å². The van der Waals surface area contributed by atoms with Crippen LogP contribution in [-0.2, 0) is 18.9 Å². The smallest absolute Gasteiger partial charge is 0.183 e. The standard InChI is InChI=1S/C8H16O4.C3H6O.C2H6/c1-9-6-4-7(10-2)8(11-3)12-5-6;1-2-3-4;1-2/h6-8H,4-5H2,1-3H3;2,4H,1,3H2;1-2H3/t6?,7-,8?;;/m1../s1. The Labute approximate surface area is 111 Å². The third-order valence-electron chi connectivity index (χ3n) is 2.24. The number of ether oxygens (including phenoxy) is 4. The van der Waals surface area contributed by atoms with Gasteiger partial charge in [-0.15, -0.1) is 6.58 Å². The summed E-state index contributed by atoms with van der Waals surface area (Å²) in [5.41, 5.74) is 0. The summed E-state index contributed by atoms with van der Waals surface area (Å²) >= 11 is 0. The zero-order chi connectivity index (χ0) is 14.4. The van der Waals surface area contributed by atoms with Gasteiger partial charge in [0.25, 0.3) is 0 Å². The highest BCUT2D eigenvalue weighted by atomic mass is 16.7. The average Bonchev–Trinajstić information content (AvgIpc) is 2.48. The molecule has 0 saturated carbocycles. The van der Waals surface area contributed by atoms with Crippen LogP contribution in [0.25, 0.3) is 0 Å². The van der Waals surface area contributed by atoms with Gasteiger partial charge in [-0.05, 0) is 0 Å². The van der Waals surface area contributed by atoms with Crippen molar-refractivity contribution in [3.63, 3.8) is 0 Å². The molecule has 2 unspecified atom stereocenters. The summed E-state index contributed by atoms with van der Waals surface area (Å²) in [5.74, 6) is 0. The largest absolute Gasteiger partial charge is 0.392 e. The van der Waals surface area contributed by atoms with E-state index in [9.17, 15) is 0 Å². The summed E-state index contributed by atoms with van der Waals surface area (Å²) in [5, 5.41) is 7.76. The Morgan fingerprint density at radius 3 is 2.11 bits per heavy atom. The zero-order valence-electron chi connectivity index (χ0n) is 12.2. The fourth-order valence-electron chi connectivity index (χ4n) is 1.34. The monoisotopic (exact) mass is 264 g/mol. The maximum Gasteiger partial charge on any atom is 0.183 e. The highest BCUT2D eigenvalue weighted by Gasteiger charge is 2.31. The molecule has 0 amide bonds. The molecule has 0 spiro atoms. The highest BCUT2D eigenvalue weighted by Crippen LogP contribution is 2.19. The third kappa shape index (κ3) is 8.60. The number of hydrogen-bond donors (Lipinski definition) is 1. The van der Waals surface area contributed by atoms with Crippen LogP contribution in [0.4, 0.5) is 0 Å². The molecular weight excluding hydrogens is 236 g/mol. The first-order chi connectivity index (χ1) is 8.73. The van der Waals surface area contributed by atoms with Crippen molar-refractivity contribution in [2.75, 3.05) is 34.5 Å². The Kier molecular flexibility index (Phi) is 16.1. The number of rotatable bonds is 4. The van der Waals surface area contributed by atoms with Crippen molar-refractivity contribution in [1.82, 2.24) is 0 Å². The maximum atomic E-state index is 7.76. The maximum absolute atomic E-state index is 7.76. The molecule has 1 aliphatic heterocycles. The molecule has 1 fully saturated rings. The summed E-state index contributed by atoms with van der Waals surface area (Å²) in [6, 6.07) is 0. The van der Waals surface area contributed by atoms with E-state index in [0.29, 0.717) is 6.61 Å². The topological polar surface area (TPSA) is 57.2 Å². The number of hydrogen-bond acceptors (Lipinski definition) is 5. The third-order valence-corrected chi connectivity index (χ3v) is 2.24. The van der Waals surface area contributed by atoms with E-state index in [1.165, 1.54) is 6.08 Å². The van der Waals surface area contributed by atoms with Gasteiger partial charge in [-0.3, -0.25) is 0 Å². The fourth-order valence-corrected chi connectivity index (χ4v) is 1.34. The average molecular weight is 264 g/mol. The van der Waals surface area contributed by atoms with Crippen molar-refractivity contribution in [3.05, 3.63) is 12.7 Å². The van der Waals surface area contributed by atoms with E-state index in [1.54, 1.807) is 21.3 Å². The highest BCUT2D eigenvalue weighted by molar-refractivity contribution is 4.74. The van der Waals surface area contributed by atoms with Crippen molar-refractivity contribution in [1.29, 1.82) is 0 Å². The second kappa shape index (κ2) is 14.6. The molecule has 5 heteroatoms. The summed E-state index contributed by atoms with van der Waals surface area (Å²) in [7, 11) is 4.94. The van der Waals surface area contributed by atoms with Crippen LogP contribution in [0.1, 0.15) is 20.3 Å². The van der Waals surface area contributed by atoms with Gasteiger partial charge in [0.15, 0.2) is 6.29 Å². The van der Waals surface area contributed by atoms with Crippen molar-refractivity contribution in [2.24, 2.45) is 0 Å². The van der Waals surface area contributed by atoms with Crippen LogP contribution in [-0.4, -0.2) is 58.1 Å². The quantitative estimate of drug-likeness (QED) is 0.782. The molecular formula is C13H28O5. The van der Waals surface area contributed by atoms with E-state index in [-0.39, 0.29) is 25.1 Å². The van der Waals surface area contributed by atoms with E-state index in [4.69, 9.17) is 24.1 Å². The molecule has 1 rings (SSSR count). The fraction of sp³-hybridized carbons (Fsp3) is 0.846. The molecule has 0 aliphatic carbocycles. The molecule has 0 radical (unpaired) electrons. The molecule has 1 aliphatic rings. The Morgan fingerprint density at radius 1 is 1.22 bits per heavy atom. The van der Waals surface area contributed by atoms with Gasteiger partial charge in [0, 0.05) is 27.8 Å². The van der Waals surface area contributed by atoms with E-state index in [1.807, 2.05) is 13.8 Å². The molecule has 1 heterocycles. The SMILES string of the molecule is C=CCO.CC.COC1COC(OC)[C@H](OC)C1. The first-order valence-electron chi connectivity index (χ1n) is 6.15. The summed E-state index contributed by atoms with van der Waals surface area (Å²) in [6.45, 7) is 7.89. The van der Waals surface area contributed by atoms with E-state index >= 15 is 0 Å². The van der Waals surface area contributed by atoms with Crippen molar-refractivity contribution >= 4 is 0 Å². The predicted molar refractivity (Wildman–Crippen MR) is 71.6 cm³/mol. The Balaban J connectivity index is 0. The van der Waals surface area contributed by atoms with Gasteiger partial charge in [0.05, 0.1) is 19.3 Å². The van der Waals surface area contributed by atoms with Crippen LogP contribution in [0.3, 0.4) is 0 Å². The predicted octanol–water partition coefficient (Wildman–Crippen LogP) is 1.60. The van der Waals surface area contributed by atoms with Gasteiger partial charge in [-0.25, -0.2) is 0 Å². The van der Waals surface area contributed by atoms with Crippen LogP contribution < -0.4 is 0 Å². The molecule has 3 atom stereocenters. The first-order valence-corrected chi connectivity index (χ1v) is 6.15. The van der Waals surface area contributed by atoms with Crippen molar-refractivity contribution < 1.29 is 24.1 Å². The molecule has 0 aromatic carbocycles. The lowest BCUT2D eigenvalue weighted by Crippen LogP contribution is -2.43. The zero-order valence-corrected chi connectivity index (χ0v) is 12.2. The lowest BCUT2D eigenvalue weighted by molar-refractivity contribution is -0.234. The van der Waals surface area contributed by atoms with Crippen LogP contribution >= 0.6 is 0 Å². The minimum absolute atomic E-state index is 0.0197. The molecule has 18 heavy (non-hydrogen) atoms. The number of aliphatic hydroxyl groups excluding tert-OH is 1. The summed E-state index contributed by atoms with van der Waals surface area (Å²) in [6.07, 6.45) is 2.11.